The Hall–Kier alpha value is -2.12. The second kappa shape index (κ2) is 7.63. The van der Waals surface area contributed by atoms with E-state index in [0.717, 1.165) is 26.5 Å². The number of benzene rings is 2. The molecule has 0 saturated carbocycles. The Morgan fingerprint density at radius 2 is 1.79 bits per heavy atom. The maximum Gasteiger partial charge on any atom is 0.210 e. The standard InChI is InChI=1S/C17H16FN3OS2/c1-11(12-3-5-13(18)6-4-12)23-17-21-20-16(24-17)19-14-7-9-15(22-2)10-8-14/h3-11H,1-2H3,(H,19,20)/t11-/m1/s1. The van der Waals surface area contributed by atoms with Crippen LogP contribution < -0.4 is 10.1 Å². The fraction of sp³-hybridized carbons (Fsp3) is 0.176. The summed E-state index contributed by atoms with van der Waals surface area (Å²) in [6, 6.07) is 14.2. The third-order valence-electron chi connectivity index (χ3n) is 3.36. The topological polar surface area (TPSA) is 47.0 Å². The van der Waals surface area contributed by atoms with Gasteiger partial charge in [-0.2, -0.15) is 0 Å². The van der Waals surface area contributed by atoms with Crippen LogP contribution in [-0.4, -0.2) is 17.3 Å². The molecular weight excluding hydrogens is 345 g/mol. The number of hydrogen-bond donors (Lipinski definition) is 1. The van der Waals surface area contributed by atoms with Gasteiger partial charge in [-0.15, -0.1) is 10.2 Å². The van der Waals surface area contributed by atoms with E-state index in [0.29, 0.717) is 0 Å². The van der Waals surface area contributed by atoms with Gasteiger partial charge in [-0.05, 0) is 48.9 Å². The quantitative estimate of drug-likeness (QED) is 0.605. The fourth-order valence-corrected chi connectivity index (χ4v) is 4.10. The van der Waals surface area contributed by atoms with Crippen molar-refractivity contribution in [3.8, 4) is 5.75 Å². The highest BCUT2D eigenvalue weighted by Crippen LogP contribution is 2.37. The van der Waals surface area contributed by atoms with Crippen LogP contribution in [0.5, 0.6) is 5.75 Å². The molecule has 0 unspecified atom stereocenters. The summed E-state index contributed by atoms with van der Waals surface area (Å²) >= 11 is 3.09. The summed E-state index contributed by atoms with van der Waals surface area (Å²) in [7, 11) is 1.64. The van der Waals surface area contributed by atoms with Crippen molar-refractivity contribution in [2.24, 2.45) is 0 Å². The smallest absolute Gasteiger partial charge is 0.210 e. The minimum absolute atomic E-state index is 0.174. The summed E-state index contributed by atoms with van der Waals surface area (Å²) in [6.07, 6.45) is 0. The van der Waals surface area contributed by atoms with Gasteiger partial charge in [-0.25, -0.2) is 4.39 Å². The molecule has 1 atom stereocenters. The van der Waals surface area contributed by atoms with Gasteiger partial charge in [0.05, 0.1) is 7.11 Å². The molecule has 124 valence electrons. The van der Waals surface area contributed by atoms with Crippen molar-refractivity contribution in [3.63, 3.8) is 0 Å². The molecule has 1 N–H and O–H groups in total. The number of methoxy groups -OCH3 is 1. The lowest BCUT2D eigenvalue weighted by atomic mass is 10.2. The van der Waals surface area contributed by atoms with E-state index in [2.05, 4.69) is 22.4 Å². The third-order valence-corrected chi connectivity index (χ3v) is 5.45. The molecule has 0 aliphatic heterocycles. The highest BCUT2D eigenvalue weighted by atomic mass is 32.2. The monoisotopic (exact) mass is 361 g/mol. The average molecular weight is 361 g/mol. The van der Waals surface area contributed by atoms with Gasteiger partial charge in [0.2, 0.25) is 5.13 Å². The average Bonchev–Trinajstić information content (AvgIpc) is 3.03. The van der Waals surface area contributed by atoms with Crippen LogP contribution >= 0.6 is 23.1 Å². The fourth-order valence-electron chi connectivity index (χ4n) is 2.06. The molecule has 4 nitrogen and oxygen atoms in total. The van der Waals surface area contributed by atoms with Gasteiger partial charge in [0.15, 0.2) is 4.34 Å². The highest BCUT2D eigenvalue weighted by Gasteiger charge is 2.12. The van der Waals surface area contributed by atoms with E-state index in [1.54, 1.807) is 31.0 Å². The minimum atomic E-state index is -0.224. The number of thioether (sulfide) groups is 1. The summed E-state index contributed by atoms with van der Waals surface area (Å²) in [5, 5.41) is 12.5. The molecule has 1 heterocycles. The van der Waals surface area contributed by atoms with E-state index in [1.807, 2.05) is 24.3 Å². The van der Waals surface area contributed by atoms with E-state index in [-0.39, 0.29) is 11.1 Å². The zero-order valence-corrected chi connectivity index (χ0v) is 14.8. The summed E-state index contributed by atoms with van der Waals surface area (Å²) in [5.41, 5.74) is 1.98. The molecule has 0 saturated heterocycles. The molecule has 0 fully saturated rings. The van der Waals surface area contributed by atoms with Gasteiger partial charge in [-0.1, -0.05) is 35.2 Å². The Kier molecular flexibility index (Phi) is 5.32. The maximum absolute atomic E-state index is 13.0. The minimum Gasteiger partial charge on any atom is -0.497 e. The van der Waals surface area contributed by atoms with E-state index >= 15 is 0 Å². The number of rotatable bonds is 6. The second-order valence-electron chi connectivity index (χ2n) is 5.04. The van der Waals surface area contributed by atoms with E-state index < -0.39 is 0 Å². The second-order valence-corrected chi connectivity index (χ2v) is 7.60. The molecule has 0 aliphatic carbocycles. The summed E-state index contributed by atoms with van der Waals surface area (Å²) in [4.78, 5) is 0. The largest absolute Gasteiger partial charge is 0.497 e. The van der Waals surface area contributed by atoms with Crippen LogP contribution in [-0.2, 0) is 0 Å². The molecule has 0 spiro atoms. The zero-order valence-electron chi connectivity index (χ0n) is 13.2. The first-order valence-corrected chi connectivity index (χ1v) is 9.00. The lowest BCUT2D eigenvalue weighted by Gasteiger charge is -2.08. The van der Waals surface area contributed by atoms with Crippen LogP contribution in [0.25, 0.3) is 0 Å². The predicted octanol–water partition coefficient (Wildman–Crippen LogP) is 5.28. The van der Waals surface area contributed by atoms with Crippen LogP contribution in [0.2, 0.25) is 0 Å². The number of nitrogens with zero attached hydrogens (tertiary/aromatic N) is 2. The first kappa shape index (κ1) is 16.7. The number of halogens is 1. The predicted molar refractivity (Wildman–Crippen MR) is 96.9 cm³/mol. The van der Waals surface area contributed by atoms with Crippen molar-refractivity contribution in [2.75, 3.05) is 12.4 Å². The Morgan fingerprint density at radius 3 is 2.46 bits per heavy atom. The van der Waals surface area contributed by atoms with Crippen molar-refractivity contribution in [1.29, 1.82) is 0 Å². The highest BCUT2D eigenvalue weighted by molar-refractivity contribution is 8.01. The summed E-state index contributed by atoms with van der Waals surface area (Å²) in [5.74, 6) is 0.583. The lowest BCUT2D eigenvalue weighted by molar-refractivity contribution is 0.415. The number of anilines is 2. The van der Waals surface area contributed by atoms with Crippen molar-refractivity contribution in [2.45, 2.75) is 16.5 Å². The Labute approximate surface area is 148 Å². The van der Waals surface area contributed by atoms with E-state index in [9.17, 15) is 4.39 Å². The first-order valence-electron chi connectivity index (χ1n) is 7.31. The van der Waals surface area contributed by atoms with Crippen LogP contribution in [0, 0.1) is 5.82 Å². The van der Waals surface area contributed by atoms with E-state index in [1.165, 1.54) is 23.5 Å². The van der Waals surface area contributed by atoms with Crippen molar-refractivity contribution in [3.05, 3.63) is 59.9 Å². The van der Waals surface area contributed by atoms with Gasteiger partial charge < -0.3 is 10.1 Å². The van der Waals surface area contributed by atoms with Crippen LogP contribution in [0.4, 0.5) is 15.2 Å². The summed E-state index contributed by atoms with van der Waals surface area (Å²) in [6.45, 7) is 2.07. The Bertz CT molecular complexity index is 790. The van der Waals surface area contributed by atoms with Crippen molar-refractivity contribution >= 4 is 33.9 Å². The Balaban J connectivity index is 1.63. The molecule has 1 aromatic heterocycles. The SMILES string of the molecule is COc1ccc(Nc2nnc(S[C@H](C)c3ccc(F)cc3)s2)cc1. The molecule has 0 amide bonds. The normalized spacial score (nSPS) is 12.0. The maximum atomic E-state index is 13.0. The zero-order chi connectivity index (χ0) is 16.9. The third kappa shape index (κ3) is 4.24. The van der Waals surface area contributed by atoms with Crippen LogP contribution in [0.15, 0.2) is 52.9 Å². The molecule has 7 heteroatoms. The molecule has 3 rings (SSSR count). The number of hydrogen-bond acceptors (Lipinski definition) is 6. The van der Waals surface area contributed by atoms with E-state index in [4.69, 9.17) is 4.74 Å². The molecule has 0 bridgehead atoms. The molecule has 24 heavy (non-hydrogen) atoms. The number of nitrogens with one attached hydrogen (secondary N) is 1. The van der Waals surface area contributed by atoms with Crippen molar-refractivity contribution < 1.29 is 9.13 Å². The van der Waals surface area contributed by atoms with Gasteiger partial charge in [0, 0.05) is 10.9 Å². The van der Waals surface area contributed by atoms with Crippen LogP contribution in [0.3, 0.4) is 0 Å². The Morgan fingerprint density at radius 1 is 1.08 bits per heavy atom. The molecule has 0 radical (unpaired) electrons. The number of aromatic nitrogens is 2. The molecule has 0 aliphatic rings. The number of ether oxygens (including phenoxy) is 1. The van der Waals surface area contributed by atoms with Gasteiger partial charge in [0.1, 0.15) is 11.6 Å². The van der Waals surface area contributed by atoms with Crippen LogP contribution in [0.1, 0.15) is 17.7 Å². The first-order chi connectivity index (χ1) is 11.6. The molecule has 3 aromatic rings. The molecule has 2 aromatic carbocycles. The summed E-state index contributed by atoms with van der Waals surface area (Å²) < 4.78 is 19.0. The van der Waals surface area contributed by atoms with Gasteiger partial charge >= 0.3 is 0 Å². The van der Waals surface area contributed by atoms with Gasteiger partial charge in [0.25, 0.3) is 0 Å². The lowest BCUT2D eigenvalue weighted by Crippen LogP contribution is -1.89. The molecular formula is C17H16FN3OS2. The van der Waals surface area contributed by atoms with Gasteiger partial charge in [-0.3, -0.25) is 0 Å². The van der Waals surface area contributed by atoms with Crippen molar-refractivity contribution in [1.82, 2.24) is 10.2 Å².